The number of carbonyl (C=O) groups is 1. The molecule has 1 aliphatic rings. The van der Waals surface area contributed by atoms with Gasteiger partial charge in [0.25, 0.3) is 0 Å². The Morgan fingerprint density at radius 1 is 1.48 bits per heavy atom. The van der Waals surface area contributed by atoms with E-state index in [1.54, 1.807) is 12.6 Å². The molecule has 2 heterocycles. The second-order valence-corrected chi connectivity index (χ2v) is 7.85. The molecule has 9 heteroatoms. The molecule has 7 nitrogen and oxygen atoms in total. The zero-order valence-corrected chi connectivity index (χ0v) is 13.8. The lowest BCUT2D eigenvalue weighted by atomic mass is 10.1. The third-order valence-corrected chi connectivity index (χ3v) is 5.43. The zero-order valence-electron chi connectivity index (χ0n) is 12.2. The highest BCUT2D eigenvalue weighted by molar-refractivity contribution is 7.88. The molecule has 1 unspecified atom stereocenters. The Morgan fingerprint density at radius 3 is 2.81 bits per heavy atom. The van der Waals surface area contributed by atoms with Crippen molar-refractivity contribution in [3.8, 4) is 0 Å². The fourth-order valence-corrected chi connectivity index (χ4v) is 3.82. The Morgan fingerprint density at radius 2 is 2.24 bits per heavy atom. The monoisotopic (exact) mass is 332 g/mol. The number of rotatable bonds is 4. The van der Waals surface area contributed by atoms with Crippen LogP contribution in [0, 0.1) is 5.92 Å². The first-order valence-corrected chi connectivity index (χ1v) is 9.45. The molecule has 1 N–H and O–H groups in total. The van der Waals surface area contributed by atoms with Crippen molar-refractivity contribution in [3.05, 3.63) is 16.6 Å². The van der Waals surface area contributed by atoms with Gasteiger partial charge in [0.05, 0.1) is 23.4 Å². The predicted octanol–water partition coefficient (Wildman–Crippen LogP) is -0.417. The second-order valence-electron chi connectivity index (χ2n) is 5.15. The van der Waals surface area contributed by atoms with E-state index < -0.39 is 10.0 Å². The minimum atomic E-state index is -3.30. The van der Waals surface area contributed by atoms with Gasteiger partial charge in [-0.25, -0.2) is 17.7 Å². The number of nitrogens with zero attached hydrogens (tertiary/aromatic N) is 3. The molecule has 21 heavy (non-hydrogen) atoms. The fourth-order valence-electron chi connectivity index (χ4n) is 2.41. The topological polar surface area (TPSA) is 82.6 Å². The Labute approximate surface area is 129 Å². The third-order valence-electron chi connectivity index (χ3n) is 3.52. The lowest BCUT2D eigenvalue weighted by Crippen LogP contribution is -2.41. The normalized spacial score (nSPS) is 21.9. The largest absolute Gasteiger partial charge is 0.359 e. The molecule has 118 valence electrons. The van der Waals surface area contributed by atoms with E-state index >= 15 is 0 Å². The maximum absolute atomic E-state index is 12.0. The van der Waals surface area contributed by atoms with E-state index in [4.69, 9.17) is 0 Å². The minimum Gasteiger partial charge on any atom is -0.359 e. The van der Waals surface area contributed by atoms with E-state index in [-0.39, 0.29) is 18.4 Å². The van der Waals surface area contributed by atoms with Gasteiger partial charge >= 0.3 is 0 Å². The highest BCUT2D eigenvalue weighted by Gasteiger charge is 2.31. The number of hydrogen-bond acceptors (Lipinski definition) is 6. The molecule has 1 aromatic heterocycles. The first-order valence-electron chi connectivity index (χ1n) is 6.66. The van der Waals surface area contributed by atoms with E-state index in [2.05, 4.69) is 15.2 Å². The van der Waals surface area contributed by atoms with Crippen LogP contribution in [0.5, 0.6) is 0 Å². The molecule has 2 rings (SSSR count). The average molecular weight is 332 g/mol. The molecular weight excluding hydrogens is 312 g/mol. The Bertz CT molecular complexity index is 573. The Balaban J connectivity index is 2.13. The number of thiazole rings is 1. The molecule has 0 aromatic carbocycles. The summed E-state index contributed by atoms with van der Waals surface area (Å²) in [6, 6.07) is 0. The lowest BCUT2D eigenvalue weighted by Gasteiger charge is -2.22. The van der Waals surface area contributed by atoms with Gasteiger partial charge in [-0.1, -0.05) is 0 Å². The van der Waals surface area contributed by atoms with Crippen molar-refractivity contribution in [2.75, 3.05) is 39.5 Å². The summed E-state index contributed by atoms with van der Waals surface area (Å²) in [5, 5.41) is 4.58. The molecule has 0 aliphatic carbocycles. The number of carbonyl (C=O) groups excluding carboxylic acids is 1. The SMILES string of the molecule is CNC(=O)C1CN(Cc2cscn2)CCN(S(C)(=O)=O)C1. The average Bonchev–Trinajstić information content (AvgIpc) is 2.82. The van der Waals surface area contributed by atoms with Crippen LogP contribution in [-0.2, 0) is 21.4 Å². The molecule has 0 radical (unpaired) electrons. The molecular formula is C12H20N4O3S2. The van der Waals surface area contributed by atoms with Crippen molar-refractivity contribution < 1.29 is 13.2 Å². The number of sulfonamides is 1. The van der Waals surface area contributed by atoms with Crippen LogP contribution in [0.3, 0.4) is 0 Å². The van der Waals surface area contributed by atoms with Gasteiger partial charge in [0.1, 0.15) is 0 Å². The van der Waals surface area contributed by atoms with E-state index in [0.29, 0.717) is 26.2 Å². The van der Waals surface area contributed by atoms with Crippen LogP contribution in [0.25, 0.3) is 0 Å². The molecule has 1 amide bonds. The standard InChI is InChI=1S/C12H20N4O3S2/c1-13-12(17)10-5-15(7-11-8-20-9-14-11)3-4-16(6-10)21(2,18)19/h8-10H,3-7H2,1-2H3,(H,13,17). The summed E-state index contributed by atoms with van der Waals surface area (Å²) in [5.74, 6) is -0.500. The van der Waals surface area contributed by atoms with E-state index in [1.165, 1.54) is 21.9 Å². The summed E-state index contributed by atoms with van der Waals surface area (Å²) in [4.78, 5) is 18.3. The first kappa shape index (κ1) is 16.3. The molecule has 0 saturated carbocycles. The summed E-state index contributed by atoms with van der Waals surface area (Å²) < 4.78 is 25.0. The smallest absolute Gasteiger partial charge is 0.225 e. The van der Waals surface area contributed by atoms with Crippen molar-refractivity contribution in [1.82, 2.24) is 19.5 Å². The summed E-state index contributed by atoms with van der Waals surface area (Å²) >= 11 is 1.53. The van der Waals surface area contributed by atoms with Gasteiger partial charge in [-0.3, -0.25) is 9.69 Å². The molecule has 1 saturated heterocycles. The maximum Gasteiger partial charge on any atom is 0.225 e. The van der Waals surface area contributed by atoms with Crippen molar-refractivity contribution in [2.24, 2.45) is 5.92 Å². The lowest BCUT2D eigenvalue weighted by molar-refractivity contribution is -0.125. The Kier molecular flexibility index (Phi) is 5.31. The van der Waals surface area contributed by atoms with Crippen LogP contribution < -0.4 is 5.32 Å². The third kappa shape index (κ3) is 4.47. The second kappa shape index (κ2) is 6.82. The van der Waals surface area contributed by atoms with Gasteiger partial charge in [0.15, 0.2) is 0 Å². The Hall–Kier alpha value is -1.03. The number of amides is 1. The van der Waals surface area contributed by atoms with Crippen LogP contribution >= 0.6 is 11.3 Å². The fraction of sp³-hybridized carbons (Fsp3) is 0.667. The molecule has 1 aliphatic heterocycles. The van der Waals surface area contributed by atoms with Gasteiger partial charge in [-0.05, 0) is 0 Å². The van der Waals surface area contributed by atoms with Gasteiger partial charge < -0.3 is 5.32 Å². The maximum atomic E-state index is 12.0. The van der Waals surface area contributed by atoms with Crippen molar-refractivity contribution in [2.45, 2.75) is 6.54 Å². The van der Waals surface area contributed by atoms with Gasteiger partial charge in [0.2, 0.25) is 15.9 Å². The van der Waals surface area contributed by atoms with Gasteiger partial charge in [0, 0.05) is 45.2 Å². The van der Waals surface area contributed by atoms with Gasteiger partial charge in [-0.15, -0.1) is 11.3 Å². The van der Waals surface area contributed by atoms with Crippen molar-refractivity contribution in [3.63, 3.8) is 0 Å². The van der Waals surface area contributed by atoms with Crippen LogP contribution in [-0.4, -0.2) is 68.0 Å². The summed E-state index contributed by atoms with van der Waals surface area (Å²) in [7, 11) is -1.72. The number of hydrogen-bond donors (Lipinski definition) is 1. The highest BCUT2D eigenvalue weighted by atomic mass is 32.2. The summed E-state index contributed by atoms with van der Waals surface area (Å²) in [6.45, 7) is 2.39. The molecule has 1 atom stereocenters. The van der Waals surface area contributed by atoms with Gasteiger partial charge in [-0.2, -0.15) is 0 Å². The summed E-state index contributed by atoms with van der Waals surface area (Å²) in [6.07, 6.45) is 1.18. The number of nitrogens with one attached hydrogen (secondary N) is 1. The molecule has 1 fully saturated rings. The number of aromatic nitrogens is 1. The van der Waals surface area contributed by atoms with Crippen LogP contribution in [0.2, 0.25) is 0 Å². The van der Waals surface area contributed by atoms with E-state index in [0.717, 1.165) is 5.69 Å². The van der Waals surface area contributed by atoms with Crippen LogP contribution in [0.4, 0.5) is 0 Å². The zero-order chi connectivity index (χ0) is 15.5. The molecule has 0 spiro atoms. The quantitative estimate of drug-likeness (QED) is 0.810. The predicted molar refractivity (Wildman–Crippen MR) is 81.4 cm³/mol. The molecule has 1 aromatic rings. The molecule has 0 bridgehead atoms. The highest BCUT2D eigenvalue weighted by Crippen LogP contribution is 2.15. The van der Waals surface area contributed by atoms with Crippen molar-refractivity contribution >= 4 is 27.3 Å². The summed E-state index contributed by atoms with van der Waals surface area (Å²) in [5.41, 5.74) is 2.72. The van der Waals surface area contributed by atoms with E-state index in [1.807, 2.05) is 5.38 Å². The van der Waals surface area contributed by atoms with E-state index in [9.17, 15) is 13.2 Å². The van der Waals surface area contributed by atoms with Crippen LogP contribution in [0.15, 0.2) is 10.9 Å². The minimum absolute atomic E-state index is 0.131. The van der Waals surface area contributed by atoms with Crippen molar-refractivity contribution in [1.29, 1.82) is 0 Å². The first-order chi connectivity index (χ1) is 9.90. The van der Waals surface area contributed by atoms with Crippen LogP contribution in [0.1, 0.15) is 5.69 Å².